The molecule has 0 fully saturated rings. The summed E-state index contributed by atoms with van der Waals surface area (Å²) in [5.74, 6) is 0. The summed E-state index contributed by atoms with van der Waals surface area (Å²) in [7, 11) is 0. The van der Waals surface area contributed by atoms with E-state index >= 15 is 0 Å². The van der Waals surface area contributed by atoms with Gasteiger partial charge in [-0.25, -0.2) is 0 Å². The fraction of sp³-hybridized carbons (Fsp3) is 0.0196. The van der Waals surface area contributed by atoms with Crippen LogP contribution in [0.2, 0.25) is 0 Å². The van der Waals surface area contributed by atoms with Gasteiger partial charge in [-0.05, 0) is 111 Å². The maximum absolute atomic E-state index is 2.41. The van der Waals surface area contributed by atoms with Gasteiger partial charge in [0.1, 0.15) is 0 Å². The molecule has 0 spiro atoms. The third kappa shape index (κ3) is 5.19. The van der Waals surface area contributed by atoms with Crippen LogP contribution in [0.5, 0.6) is 0 Å². The van der Waals surface area contributed by atoms with E-state index in [1.165, 1.54) is 71.2 Å². The number of para-hydroxylation sites is 2. The van der Waals surface area contributed by atoms with Gasteiger partial charge in [-0.1, -0.05) is 145 Å². The molecule has 250 valence electrons. The summed E-state index contributed by atoms with van der Waals surface area (Å²) >= 11 is 0. The normalized spacial score (nSPS) is 11.5. The fourth-order valence-corrected chi connectivity index (χ4v) is 8.23. The summed E-state index contributed by atoms with van der Waals surface area (Å²) in [5.41, 5.74) is 13.2. The Hall–Kier alpha value is -6.90. The standard InChI is InChI=1S/C51H36N2/c1-35-24-28-39(29-25-35)52(38-16-6-3-7-17-38)41-32-33-49-47(34-41)42-18-12-13-23-48(42)53(49)40-30-26-37(27-31-40)51-45-21-10-8-19-43(45)50(36-14-4-2-5-15-36)44-20-9-11-22-46(44)51/h2-34H,1H3. The predicted molar refractivity (Wildman–Crippen MR) is 226 cm³/mol. The van der Waals surface area contributed by atoms with E-state index in [1.54, 1.807) is 0 Å². The van der Waals surface area contributed by atoms with Gasteiger partial charge >= 0.3 is 0 Å². The molecule has 0 unspecified atom stereocenters. The number of fused-ring (bicyclic) bond motifs is 5. The number of aromatic nitrogens is 1. The van der Waals surface area contributed by atoms with E-state index in [-0.39, 0.29) is 0 Å². The van der Waals surface area contributed by atoms with Crippen molar-refractivity contribution in [2.75, 3.05) is 4.90 Å². The molecule has 0 saturated heterocycles. The van der Waals surface area contributed by atoms with Crippen LogP contribution in [0.1, 0.15) is 5.56 Å². The van der Waals surface area contributed by atoms with Crippen LogP contribution in [0.3, 0.4) is 0 Å². The van der Waals surface area contributed by atoms with Gasteiger partial charge in [0, 0.05) is 33.5 Å². The Bertz CT molecular complexity index is 2860. The maximum Gasteiger partial charge on any atom is 0.0542 e. The Morgan fingerprint density at radius 1 is 0.340 bits per heavy atom. The summed E-state index contributed by atoms with van der Waals surface area (Å²) in [6.45, 7) is 2.14. The van der Waals surface area contributed by atoms with Gasteiger partial charge in [0.15, 0.2) is 0 Å². The largest absolute Gasteiger partial charge is 0.310 e. The highest BCUT2D eigenvalue weighted by Gasteiger charge is 2.19. The van der Waals surface area contributed by atoms with Gasteiger partial charge in [-0.3, -0.25) is 0 Å². The lowest BCUT2D eigenvalue weighted by Crippen LogP contribution is -2.09. The van der Waals surface area contributed by atoms with Crippen molar-refractivity contribution in [1.82, 2.24) is 4.57 Å². The van der Waals surface area contributed by atoms with E-state index in [4.69, 9.17) is 0 Å². The first kappa shape index (κ1) is 30.9. The van der Waals surface area contributed by atoms with E-state index in [2.05, 4.69) is 217 Å². The molecule has 0 aliphatic rings. The second kappa shape index (κ2) is 12.7. The first-order valence-corrected chi connectivity index (χ1v) is 18.3. The Labute approximate surface area is 309 Å². The Kier molecular flexibility index (Phi) is 7.40. The zero-order valence-corrected chi connectivity index (χ0v) is 29.4. The molecule has 9 aromatic carbocycles. The summed E-state index contributed by atoms with van der Waals surface area (Å²) in [6, 6.07) is 72.8. The van der Waals surface area contributed by atoms with Gasteiger partial charge in [0.05, 0.1) is 11.0 Å². The van der Waals surface area contributed by atoms with E-state index in [0.29, 0.717) is 0 Å². The molecule has 0 bridgehead atoms. The number of benzene rings is 9. The second-order valence-electron chi connectivity index (χ2n) is 13.8. The van der Waals surface area contributed by atoms with Crippen molar-refractivity contribution < 1.29 is 0 Å². The van der Waals surface area contributed by atoms with Crippen LogP contribution < -0.4 is 4.90 Å². The van der Waals surface area contributed by atoms with Crippen molar-refractivity contribution in [3.8, 4) is 27.9 Å². The van der Waals surface area contributed by atoms with Crippen LogP contribution in [-0.2, 0) is 0 Å². The smallest absolute Gasteiger partial charge is 0.0542 e. The molecule has 0 aliphatic heterocycles. The average molecular weight is 677 g/mol. The molecule has 0 aliphatic carbocycles. The van der Waals surface area contributed by atoms with Gasteiger partial charge in [0.25, 0.3) is 0 Å². The Morgan fingerprint density at radius 2 is 0.792 bits per heavy atom. The zero-order chi connectivity index (χ0) is 35.3. The molecular formula is C51H36N2. The second-order valence-corrected chi connectivity index (χ2v) is 13.8. The lowest BCUT2D eigenvalue weighted by Gasteiger charge is -2.25. The summed E-state index contributed by atoms with van der Waals surface area (Å²) in [4.78, 5) is 2.34. The summed E-state index contributed by atoms with van der Waals surface area (Å²) < 4.78 is 2.41. The molecule has 1 heterocycles. The number of hydrogen-bond donors (Lipinski definition) is 0. The van der Waals surface area contributed by atoms with Crippen molar-refractivity contribution in [3.63, 3.8) is 0 Å². The molecule has 2 nitrogen and oxygen atoms in total. The van der Waals surface area contributed by atoms with E-state index < -0.39 is 0 Å². The van der Waals surface area contributed by atoms with Crippen LogP contribution in [0.15, 0.2) is 200 Å². The lowest BCUT2D eigenvalue weighted by molar-refractivity contribution is 1.18. The number of hydrogen-bond acceptors (Lipinski definition) is 1. The monoisotopic (exact) mass is 676 g/mol. The number of rotatable bonds is 6. The molecular weight excluding hydrogens is 641 g/mol. The first-order chi connectivity index (χ1) is 26.2. The average Bonchev–Trinajstić information content (AvgIpc) is 3.55. The lowest BCUT2D eigenvalue weighted by atomic mass is 9.86. The van der Waals surface area contributed by atoms with Gasteiger partial charge in [-0.15, -0.1) is 0 Å². The molecule has 0 radical (unpaired) electrons. The number of nitrogens with zero attached hydrogens (tertiary/aromatic N) is 2. The summed E-state index contributed by atoms with van der Waals surface area (Å²) in [5, 5.41) is 7.52. The van der Waals surface area contributed by atoms with Crippen molar-refractivity contribution >= 4 is 60.4 Å². The SMILES string of the molecule is Cc1ccc(N(c2ccccc2)c2ccc3c(c2)c2ccccc2n3-c2ccc(-c3c4ccccc4c(-c4ccccc4)c4ccccc34)cc2)cc1. The molecule has 0 atom stereocenters. The van der Waals surface area contributed by atoms with Gasteiger partial charge in [0.2, 0.25) is 0 Å². The molecule has 10 rings (SSSR count). The maximum atomic E-state index is 2.41. The van der Waals surface area contributed by atoms with Crippen LogP contribution in [0.4, 0.5) is 17.1 Å². The quantitative estimate of drug-likeness (QED) is 0.159. The van der Waals surface area contributed by atoms with Gasteiger partial charge < -0.3 is 9.47 Å². The molecule has 10 aromatic rings. The molecule has 2 heteroatoms. The first-order valence-electron chi connectivity index (χ1n) is 18.3. The highest BCUT2D eigenvalue weighted by molar-refractivity contribution is 6.21. The highest BCUT2D eigenvalue weighted by Crippen LogP contribution is 2.44. The third-order valence-corrected chi connectivity index (χ3v) is 10.6. The van der Waals surface area contributed by atoms with Crippen molar-refractivity contribution in [3.05, 3.63) is 206 Å². The summed E-state index contributed by atoms with van der Waals surface area (Å²) in [6.07, 6.45) is 0. The minimum Gasteiger partial charge on any atom is -0.310 e. The van der Waals surface area contributed by atoms with Gasteiger partial charge in [-0.2, -0.15) is 0 Å². The predicted octanol–water partition coefficient (Wildman–Crippen LogP) is 14.2. The number of aryl methyl sites for hydroxylation is 1. The topological polar surface area (TPSA) is 8.17 Å². The molecule has 0 N–H and O–H groups in total. The van der Waals surface area contributed by atoms with E-state index in [1.807, 2.05) is 0 Å². The van der Waals surface area contributed by atoms with Crippen molar-refractivity contribution in [2.24, 2.45) is 0 Å². The fourth-order valence-electron chi connectivity index (χ4n) is 8.23. The molecule has 53 heavy (non-hydrogen) atoms. The highest BCUT2D eigenvalue weighted by atomic mass is 15.1. The molecule has 1 aromatic heterocycles. The minimum absolute atomic E-state index is 1.13. The third-order valence-electron chi connectivity index (χ3n) is 10.6. The Balaban J connectivity index is 1.13. The number of anilines is 3. The minimum atomic E-state index is 1.13. The van der Waals surface area contributed by atoms with E-state index in [0.717, 1.165) is 22.7 Å². The van der Waals surface area contributed by atoms with Crippen molar-refractivity contribution in [2.45, 2.75) is 6.92 Å². The van der Waals surface area contributed by atoms with E-state index in [9.17, 15) is 0 Å². The van der Waals surface area contributed by atoms with Crippen molar-refractivity contribution in [1.29, 1.82) is 0 Å². The Morgan fingerprint density at radius 3 is 1.40 bits per heavy atom. The van der Waals surface area contributed by atoms with Crippen LogP contribution in [0.25, 0.3) is 71.3 Å². The zero-order valence-electron chi connectivity index (χ0n) is 29.4. The van der Waals surface area contributed by atoms with Crippen LogP contribution in [-0.4, -0.2) is 4.57 Å². The molecule has 0 saturated carbocycles. The van der Waals surface area contributed by atoms with Crippen LogP contribution in [0, 0.1) is 6.92 Å². The molecule has 0 amide bonds. The van der Waals surface area contributed by atoms with Crippen LogP contribution >= 0.6 is 0 Å².